The first-order valence-electron chi connectivity index (χ1n) is 6.77. The number of hydrogen-bond acceptors (Lipinski definition) is 3. The fourth-order valence-electron chi connectivity index (χ4n) is 2.26. The number of carbonyl (C=O) groups excluding carboxylic acids is 1. The zero-order valence-corrected chi connectivity index (χ0v) is 11.8. The number of hydrogen-bond donors (Lipinski definition) is 3. The first-order chi connectivity index (χ1) is 10.1. The average molecular weight is 294 g/mol. The van der Waals surface area contributed by atoms with Gasteiger partial charge in [0.15, 0.2) is 0 Å². The van der Waals surface area contributed by atoms with Crippen LogP contribution in [0.1, 0.15) is 12.0 Å². The number of aliphatic hydroxyl groups is 1. The van der Waals surface area contributed by atoms with Crippen LogP contribution in [0.4, 0.5) is 9.18 Å². The molecule has 1 aromatic rings. The largest absolute Gasteiger partial charge is 0.497 e. The van der Waals surface area contributed by atoms with Gasteiger partial charge >= 0.3 is 6.03 Å². The van der Waals surface area contributed by atoms with E-state index in [0.29, 0.717) is 17.7 Å². The smallest absolute Gasteiger partial charge is 0.315 e. The number of aliphatic hydroxyl groups excluding tert-OH is 1. The normalized spacial score (nSPS) is 20.3. The van der Waals surface area contributed by atoms with E-state index in [-0.39, 0.29) is 31.1 Å². The van der Waals surface area contributed by atoms with Crippen LogP contribution in [0, 0.1) is 11.7 Å². The van der Waals surface area contributed by atoms with Gasteiger partial charge in [-0.3, -0.25) is 0 Å². The summed E-state index contributed by atoms with van der Waals surface area (Å²) in [6.45, 7) is 0.291. The highest BCUT2D eigenvalue weighted by molar-refractivity contribution is 5.74. The fraction of sp³-hybridized carbons (Fsp3) is 0.400. The van der Waals surface area contributed by atoms with E-state index in [1.165, 1.54) is 19.2 Å². The van der Waals surface area contributed by atoms with Crippen molar-refractivity contribution >= 4 is 6.03 Å². The van der Waals surface area contributed by atoms with E-state index >= 15 is 0 Å². The van der Waals surface area contributed by atoms with Crippen LogP contribution in [0.15, 0.2) is 30.4 Å². The van der Waals surface area contributed by atoms with Crippen LogP contribution in [0.5, 0.6) is 5.75 Å². The van der Waals surface area contributed by atoms with Gasteiger partial charge in [-0.2, -0.15) is 0 Å². The first kappa shape index (κ1) is 15.3. The number of ether oxygens (including phenoxy) is 1. The molecule has 6 heteroatoms. The first-order valence-corrected chi connectivity index (χ1v) is 6.77. The molecule has 21 heavy (non-hydrogen) atoms. The van der Waals surface area contributed by atoms with Crippen molar-refractivity contribution in [1.29, 1.82) is 0 Å². The summed E-state index contributed by atoms with van der Waals surface area (Å²) >= 11 is 0. The Kier molecular flexibility index (Phi) is 5.16. The number of benzene rings is 1. The minimum Gasteiger partial charge on any atom is -0.497 e. The summed E-state index contributed by atoms with van der Waals surface area (Å²) in [5.41, 5.74) is 0.622. The molecule has 3 N–H and O–H groups in total. The van der Waals surface area contributed by atoms with Gasteiger partial charge in [0.1, 0.15) is 11.6 Å². The van der Waals surface area contributed by atoms with Gasteiger partial charge < -0.3 is 20.5 Å². The molecule has 0 saturated carbocycles. The molecule has 0 unspecified atom stereocenters. The molecule has 1 aromatic carbocycles. The topological polar surface area (TPSA) is 70.6 Å². The Bertz CT molecular complexity index is 534. The Labute approximate surface area is 122 Å². The van der Waals surface area contributed by atoms with Crippen LogP contribution < -0.4 is 15.4 Å². The van der Waals surface area contributed by atoms with Crippen LogP contribution in [-0.4, -0.2) is 30.9 Å². The lowest BCUT2D eigenvalue weighted by Gasteiger charge is -2.14. The standard InChI is InChI=1S/C15H19FN2O3/c1-21-14-6-11(4-12(16)7-14)8-17-15(20)18-13-3-2-10(5-13)9-19/h2-4,6-7,10,13,19H,5,8-9H2,1H3,(H2,17,18,20)/t10-,13+/m0/s1. The van der Waals surface area contributed by atoms with Gasteiger partial charge in [0.25, 0.3) is 0 Å². The highest BCUT2D eigenvalue weighted by Crippen LogP contribution is 2.17. The minimum atomic E-state index is -0.406. The molecule has 0 spiro atoms. The zero-order valence-electron chi connectivity index (χ0n) is 11.8. The second-order valence-corrected chi connectivity index (χ2v) is 5.00. The van der Waals surface area contributed by atoms with E-state index in [1.54, 1.807) is 6.07 Å². The maximum Gasteiger partial charge on any atom is 0.315 e. The number of urea groups is 1. The van der Waals surface area contributed by atoms with Gasteiger partial charge in [-0.15, -0.1) is 0 Å². The minimum absolute atomic E-state index is 0.0794. The lowest BCUT2D eigenvalue weighted by molar-refractivity contribution is 0.231. The fourth-order valence-corrected chi connectivity index (χ4v) is 2.26. The molecule has 1 aliphatic rings. The van der Waals surface area contributed by atoms with Crippen molar-refractivity contribution < 1.29 is 19.0 Å². The molecule has 0 aromatic heterocycles. The summed E-state index contributed by atoms with van der Waals surface area (Å²) in [4.78, 5) is 11.8. The molecular formula is C15H19FN2O3. The molecule has 0 bridgehead atoms. The summed E-state index contributed by atoms with van der Waals surface area (Å²) in [6.07, 6.45) is 4.45. The number of rotatable bonds is 5. The van der Waals surface area contributed by atoms with Crippen molar-refractivity contribution in [2.24, 2.45) is 5.92 Å². The maximum absolute atomic E-state index is 13.3. The van der Waals surface area contributed by atoms with E-state index < -0.39 is 5.82 Å². The summed E-state index contributed by atoms with van der Waals surface area (Å²) in [7, 11) is 1.46. The van der Waals surface area contributed by atoms with Crippen molar-refractivity contribution in [2.45, 2.75) is 19.0 Å². The van der Waals surface area contributed by atoms with Crippen molar-refractivity contribution in [1.82, 2.24) is 10.6 Å². The predicted molar refractivity (Wildman–Crippen MR) is 76.4 cm³/mol. The number of halogens is 1. The Morgan fingerprint density at radius 2 is 2.24 bits per heavy atom. The maximum atomic E-state index is 13.3. The summed E-state index contributed by atoms with van der Waals surface area (Å²) < 4.78 is 18.3. The van der Waals surface area contributed by atoms with E-state index in [2.05, 4.69) is 10.6 Å². The molecule has 0 saturated heterocycles. The third kappa shape index (κ3) is 4.46. The highest BCUT2D eigenvalue weighted by atomic mass is 19.1. The van der Waals surface area contributed by atoms with E-state index in [1.807, 2.05) is 12.2 Å². The van der Waals surface area contributed by atoms with E-state index in [4.69, 9.17) is 9.84 Å². The van der Waals surface area contributed by atoms with E-state index in [9.17, 15) is 9.18 Å². The molecule has 2 rings (SSSR count). The van der Waals surface area contributed by atoms with Crippen LogP contribution in [0.25, 0.3) is 0 Å². The second kappa shape index (κ2) is 7.08. The third-order valence-corrected chi connectivity index (χ3v) is 3.34. The quantitative estimate of drug-likeness (QED) is 0.722. The van der Waals surface area contributed by atoms with E-state index in [0.717, 1.165) is 0 Å². The van der Waals surface area contributed by atoms with Gasteiger partial charge in [0, 0.05) is 31.2 Å². The summed E-state index contributed by atoms with van der Waals surface area (Å²) in [5.74, 6) is 0.107. The molecule has 1 aliphatic carbocycles. The van der Waals surface area contributed by atoms with Gasteiger partial charge in [-0.1, -0.05) is 12.2 Å². The molecule has 5 nitrogen and oxygen atoms in total. The Hall–Kier alpha value is -2.08. The zero-order chi connectivity index (χ0) is 15.2. The molecule has 0 aliphatic heterocycles. The van der Waals surface area contributed by atoms with Crippen molar-refractivity contribution in [3.8, 4) is 5.75 Å². The van der Waals surface area contributed by atoms with Gasteiger partial charge in [0.2, 0.25) is 0 Å². The summed E-state index contributed by atoms with van der Waals surface area (Å²) in [5, 5.41) is 14.5. The third-order valence-electron chi connectivity index (χ3n) is 3.34. The van der Waals surface area contributed by atoms with Crippen molar-refractivity contribution in [2.75, 3.05) is 13.7 Å². The lowest BCUT2D eigenvalue weighted by atomic mass is 10.1. The van der Waals surface area contributed by atoms with Gasteiger partial charge in [-0.25, -0.2) is 9.18 Å². The lowest BCUT2D eigenvalue weighted by Crippen LogP contribution is -2.40. The molecule has 2 atom stereocenters. The van der Waals surface area contributed by atoms with Crippen LogP contribution >= 0.6 is 0 Å². The summed E-state index contributed by atoms with van der Waals surface area (Å²) in [6, 6.07) is 3.89. The number of nitrogens with one attached hydrogen (secondary N) is 2. The Morgan fingerprint density at radius 3 is 2.90 bits per heavy atom. The van der Waals surface area contributed by atoms with Gasteiger partial charge in [0.05, 0.1) is 7.11 Å². The number of amides is 2. The van der Waals surface area contributed by atoms with Crippen molar-refractivity contribution in [3.05, 3.63) is 41.7 Å². The Morgan fingerprint density at radius 1 is 1.43 bits per heavy atom. The average Bonchev–Trinajstić information content (AvgIpc) is 2.92. The van der Waals surface area contributed by atoms with Crippen LogP contribution in [-0.2, 0) is 6.54 Å². The number of methoxy groups -OCH3 is 1. The Balaban J connectivity index is 1.82. The predicted octanol–water partition coefficient (Wildman–Crippen LogP) is 1.57. The molecule has 0 radical (unpaired) electrons. The highest BCUT2D eigenvalue weighted by Gasteiger charge is 2.19. The SMILES string of the molecule is COc1cc(F)cc(CNC(=O)N[C@@H]2C=C[C@H](CO)C2)c1. The number of carbonyl (C=O) groups is 1. The molecule has 0 heterocycles. The van der Waals surface area contributed by atoms with Crippen molar-refractivity contribution in [3.63, 3.8) is 0 Å². The molecule has 0 fully saturated rings. The molecule has 114 valence electrons. The van der Waals surface area contributed by atoms with Crippen LogP contribution in [0.3, 0.4) is 0 Å². The van der Waals surface area contributed by atoms with Gasteiger partial charge in [-0.05, 0) is 24.1 Å². The second-order valence-electron chi connectivity index (χ2n) is 5.00. The monoisotopic (exact) mass is 294 g/mol. The molecule has 2 amide bonds. The molecular weight excluding hydrogens is 275 g/mol. The van der Waals surface area contributed by atoms with Crippen LogP contribution in [0.2, 0.25) is 0 Å².